The minimum atomic E-state index is -0.779. The zero-order valence-corrected chi connectivity index (χ0v) is 15.6. The lowest BCUT2D eigenvalue weighted by atomic mass is 9.92. The molecular weight excluding hydrogens is 328 g/mol. The molecule has 4 rings (SSSR count). The molecule has 1 aromatic carbocycles. The summed E-state index contributed by atoms with van der Waals surface area (Å²) in [6.45, 7) is 5.85. The van der Waals surface area contributed by atoms with Gasteiger partial charge in [-0.3, -0.25) is 4.90 Å². The van der Waals surface area contributed by atoms with Crippen LogP contribution >= 0.6 is 0 Å². The van der Waals surface area contributed by atoms with Gasteiger partial charge in [-0.05, 0) is 38.1 Å². The number of aromatic nitrogens is 5. The quantitative estimate of drug-likeness (QED) is 0.736. The molecule has 0 radical (unpaired) electrons. The number of H-pyrrole nitrogens is 1. The van der Waals surface area contributed by atoms with Crippen LogP contribution in [0.3, 0.4) is 0 Å². The van der Waals surface area contributed by atoms with Gasteiger partial charge in [0, 0.05) is 35.6 Å². The Labute approximate surface area is 153 Å². The first kappa shape index (κ1) is 17.2. The first-order valence-electron chi connectivity index (χ1n) is 9.33. The first-order chi connectivity index (χ1) is 12.6. The van der Waals surface area contributed by atoms with E-state index >= 15 is 0 Å². The van der Waals surface area contributed by atoms with Crippen molar-refractivity contribution < 1.29 is 5.11 Å². The average molecular weight is 354 g/mol. The summed E-state index contributed by atoms with van der Waals surface area (Å²) in [5, 5.41) is 25.8. The number of aryl methyl sites for hydroxylation is 1. The van der Waals surface area contributed by atoms with Crippen LogP contribution in [0.15, 0.2) is 18.2 Å². The monoisotopic (exact) mass is 354 g/mol. The zero-order valence-electron chi connectivity index (χ0n) is 15.6. The van der Waals surface area contributed by atoms with Crippen LogP contribution in [0.25, 0.3) is 10.9 Å². The molecule has 7 nitrogen and oxygen atoms in total. The molecule has 26 heavy (non-hydrogen) atoms. The second kappa shape index (κ2) is 6.81. The van der Waals surface area contributed by atoms with Crippen molar-refractivity contribution in [2.75, 3.05) is 13.6 Å². The van der Waals surface area contributed by atoms with Crippen molar-refractivity contribution >= 4 is 10.9 Å². The maximum atomic E-state index is 10.6. The highest BCUT2D eigenvalue weighted by Gasteiger charge is 2.31. The first-order valence-corrected chi connectivity index (χ1v) is 9.33. The number of hydrogen-bond acceptors (Lipinski definition) is 5. The number of aliphatic hydroxyl groups excluding tert-OH is 1. The van der Waals surface area contributed by atoms with Gasteiger partial charge in [-0.2, -0.15) is 5.21 Å². The number of nitrogens with zero attached hydrogens (tertiary/aromatic N) is 5. The number of aromatic amines is 1. The van der Waals surface area contributed by atoms with Gasteiger partial charge in [-0.25, -0.2) is 0 Å². The normalized spacial score (nSPS) is 19.0. The highest BCUT2D eigenvalue weighted by Crippen LogP contribution is 2.40. The summed E-state index contributed by atoms with van der Waals surface area (Å²) in [4.78, 5) is 2.47. The van der Waals surface area contributed by atoms with Crippen molar-refractivity contribution in [3.63, 3.8) is 0 Å². The van der Waals surface area contributed by atoms with Crippen molar-refractivity contribution in [1.29, 1.82) is 0 Å². The molecule has 3 aromatic rings. The minimum Gasteiger partial charge on any atom is -0.383 e. The fraction of sp³-hybridized carbons (Fsp3) is 0.526. The van der Waals surface area contributed by atoms with E-state index in [1.165, 1.54) is 27.7 Å². The largest absolute Gasteiger partial charge is 0.383 e. The average Bonchev–Trinajstić information content (AvgIpc) is 3.25. The standard InChI is InChI=1S/C19H26N6O/c1-4-5-15-18-13-10-12(2)6-7-14(13)25(16(18)8-9-24(15)3)11-17(26)19-20-22-23-21-19/h6-7,10,15,17,26H,4-5,8-9,11H2,1-3H3,(H,20,21,22,23). The summed E-state index contributed by atoms with van der Waals surface area (Å²) in [6.07, 6.45) is 2.50. The Hall–Kier alpha value is -2.25. The number of nitrogens with one attached hydrogen (secondary N) is 1. The van der Waals surface area contributed by atoms with E-state index in [1.807, 2.05) is 0 Å². The second-order valence-corrected chi connectivity index (χ2v) is 7.31. The smallest absolute Gasteiger partial charge is 0.204 e. The molecule has 0 saturated heterocycles. The Morgan fingerprint density at radius 2 is 2.23 bits per heavy atom. The van der Waals surface area contributed by atoms with Gasteiger partial charge in [-0.15, -0.1) is 10.2 Å². The molecule has 0 saturated carbocycles. The SMILES string of the molecule is CCCC1c2c(n(CC(O)c3nn[nH]n3)c3ccc(C)cc23)CCN1C. The third kappa shape index (κ3) is 2.81. The van der Waals surface area contributed by atoms with Crippen molar-refractivity contribution in [1.82, 2.24) is 30.1 Å². The van der Waals surface area contributed by atoms with Crippen molar-refractivity contribution in [3.05, 3.63) is 40.8 Å². The van der Waals surface area contributed by atoms with Crippen LogP contribution in [0.5, 0.6) is 0 Å². The summed E-state index contributed by atoms with van der Waals surface area (Å²) in [5.74, 6) is 0.339. The third-order valence-corrected chi connectivity index (χ3v) is 5.51. The zero-order chi connectivity index (χ0) is 18.3. The molecule has 0 fully saturated rings. The number of rotatable bonds is 5. The van der Waals surface area contributed by atoms with E-state index in [0.717, 1.165) is 25.8 Å². The molecule has 7 heteroatoms. The van der Waals surface area contributed by atoms with E-state index in [0.29, 0.717) is 18.4 Å². The summed E-state index contributed by atoms with van der Waals surface area (Å²) in [7, 11) is 2.22. The molecule has 0 spiro atoms. The maximum Gasteiger partial charge on any atom is 0.204 e. The number of aliphatic hydroxyl groups is 1. The van der Waals surface area contributed by atoms with Crippen LogP contribution in [0.1, 0.15) is 54.6 Å². The molecule has 0 aliphatic carbocycles. The minimum absolute atomic E-state index is 0.339. The van der Waals surface area contributed by atoms with Gasteiger partial charge in [0.15, 0.2) is 0 Å². The van der Waals surface area contributed by atoms with Crippen molar-refractivity contribution in [3.8, 4) is 0 Å². The fourth-order valence-electron chi connectivity index (χ4n) is 4.26. The Balaban J connectivity index is 1.85. The fourth-order valence-corrected chi connectivity index (χ4v) is 4.26. The number of tetrazole rings is 1. The Morgan fingerprint density at radius 1 is 1.38 bits per heavy atom. The molecule has 1 aliphatic heterocycles. The van der Waals surface area contributed by atoms with Gasteiger partial charge >= 0.3 is 0 Å². The van der Waals surface area contributed by atoms with Crippen LogP contribution in [0.2, 0.25) is 0 Å². The number of benzene rings is 1. The molecular formula is C19H26N6O. The molecule has 0 bridgehead atoms. The molecule has 138 valence electrons. The van der Waals surface area contributed by atoms with Gasteiger partial charge in [0.1, 0.15) is 6.10 Å². The van der Waals surface area contributed by atoms with E-state index < -0.39 is 6.10 Å². The topological polar surface area (TPSA) is 82.9 Å². The Bertz CT molecular complexity index is 901. The third-order valence-electron chi connectivity index (χ3n) is 5.51. The predicted octanol–water partition coefficient (Wildman–Crippen LogP) is 2.53. The number of hydrogen-bond donors (Lipinski definition) is 2. The number of fused-ring (bicyclic) bond motifs is 3. The molecule has 2 atom stereocenters. The van der Waals surface area contributed by atoms with Crippen LogP contribution in [-0.4, -0.2) is 48.8 Å². The Kier molecular flexibility index (Phi) is 4.50. The molecule has 3 heterocycles. The van der Waals surface area contributed by atoms with Crippen molar-refractivity contribution in [2.24, 2.45) is 0 Å². The summed E-state index contributed by atoms with van der Waals surface area (Å²) >= 11 is 0. The molecule has 1 aliphatic rings. The lowest BCUT2D eigenvalue weighted by Crippen LogP contribution is -2.32. The van der Waals surface area contributed by atoms with Crippen LogP contribution < -0.4 is 0 Å². The van der Waals surface area contributed by atoms with E-state index in [9.17, 15) is 5.11 Å². The van der Waals surface area contributed by atoms with Gasteiger partial charge in [0.2, 0.25) is 5.82 Å². The van der Waals surface area contributed by atoms with Crippen LogP contribution in [-0.2, 0) is 13.0 Å². The maximum absolute atomic E-state index is 10.6. The van der Waals surface area contributed by atoms with Crippen LogP contribution in [0.4, 0.5) is 0 Å². The molecule has 2 unspecified atom stereocenters. The van der Waals surface area contributed by atoms with Gasteiger partial charge in [0.05, 0.1) is 6.54 Å². The van der Waals surface area contributed by atoms with Crippen LogP contribution in [0, 0.1) is 6.92 Å². The summed E-state index contributed by atoms with van der Waals surface area (Å²) in [6, 6.07) is 7.03. The Morgan fingerprint density at radius 3 is 2.96 bits per heavy atom. The number of likely N-dealkylation sites (N-methyl/N-ethyl adjacent to an activating group) is 1. The van der Waals surface area contributed by atoms with E-state index in [4.69, 9.17) is 0 Å². The lowest BCUT2D eigenvalue weighted by Gasteiger charge is -2.34. The van der Waals surface area contributed by atoms with E-state index in [-0.39, 0.29) is 0 Å². The van der Waals surface area contributed by atoms with Gasteiger partial charge in [0.25, 0.3) is 0 Å². The summed E-state index contributed by atoms with van der Waals surface area (Å²) < 4.78 is 2.26. The van der Waals surface area contributed by atoms with Gasteiger partial charge < -0.3 is 9.67 Å². The second-order valence-electron chi connectivity index (χ2n) is 7.31. The molecule has 0 amide bonds. The molecule has 2 N–H and O–H groups in total. The highest BCUT2D eigenvalue weighted by atomic mass is 16.3. The summed E-state index contributed by atoms with van der Waals surface area (Å²) in [5.41, 5.74) is 5.21. The predicted molar refractivity (Wildman–Crippen MR) is 99.8 cm³/mol. The lowest BCUT2D eigenvalue weighted by molar-refractivity contribution is 0.145. The molecule has 2 aromatic heterocycles. The van der Waals surface area contributed by atoms with E-state index in [1.54, 1.807) is 0 Å². The van der Waals surface area contributed by atoms with E-state index in [2.05, 4.69) is 69.2 Å². The van der Waals surface area contributed by atoms with Crippen molar-refractivity contribution in [2.45, 2.75) is 51.8 Å². The highest BCUT2D eigenvalue weighted by molar-refractivity contribution is 5.87. The van der Waals surface area contributed by atoms with Gasteiger partial charge in [-0.1, -0.05) is 30.2 Å².